The molecule has 0 bridgehead atoms. The number of amides is 1. The molecule has 0 heterocycles. The van der Waals surface area contributed by atoms with Gasteiger partial charge in [-0.1, -0.05) is 19.1 Å². The van der Waals surface area contributed by atoms with Crippen LogP contribution in [0.25, 0.3) is 0 Å². The van der Waals surface area contributed by atoms with Gasteiger partial charge in [-0.05, 0) is 49.0 Å². The molecule has 1 N–H and O–H groups in total. The van der Waals surface area contributed by atoms with E-state index in [4.69, 9.17) is 18.9 Å². The average molecular weight is 472 g/mol. The SMILES string of the molecule is CCCSCCCN(CCOc1ccc(CC(OCC)C(=O)O)cc1)C(=O)OCCOC. The average Bonchev–Trinajstić information content (AvgIpc) is 2.78. The molecule has 1 amide bonds. The fourth-order valence-corrected chi connectivity index (χ4v) is 3.66. The first kappa shape index (κ1) is 28.1. The van der Waals surface area contributed by atoms with Gasteiger partial charge in [0.2, 0.25) is 0 Å². The molecule has 1 atom stereocenters. The van der Waals surface area contributed by atoms with E-state index >= 15 is 0 Å². The Morgan fingerprint density at radius 3 is 2.44 bits per heavy atom. The molecule has 0 radical (unpaired) electrons. The van der Waals surface area contributed by atoms with E-state index in [1.165, 1.54) is 0 Å². The van der Waals surface area contributed by atoms with Crippen LogP contribution in [0.3, 0.4) is 0 Å². The number of methoxy groups -OCH3 is 1. The van der Waals surface area contributed by atoms with Crippen LogP contribution in [0.5, 0.6) is 5.75 Å². The van der Waals surface area contributed by atoms with Gasteiger partial charge >= 0.3 is 12.1 Å². The van der Waals surface area contributed by atoms with E-state index in [1.807, 2.05) is 23.9 Å². The zero-order chi connectivity index (χ0) is 23.6. The predicted octanol–water partition coefficient (Wildman–Crippen LogP) is 3.72. The summed E-state index contributed by atoms with van der Waals surface area (Å²) in [5.41, 5.74) is 0.853. The third-order valence-electron chi connectivity index (χ3n) is 4.45. The van der Waals surface area contributed by atoms with Crippen LogP contribution in [0.1, 0.15) is 32.3 Å². The van der Waals surface area contributed by atoms with E-state index in [-0.39, 0.29) is 12.7 Å². The second-order valence-electron chi connectivity index (χ2n) is 7.04. The van der Waals surface area contributed by atoms with E-state index in [9.17, 15) is 14.7 Å². The van der Waals surface area contributed by atoms with Crippen molar-refractivity contribution in [3.63, 3.8) is 0 Å². The molecule has 0 fully saturated rings. The first-order chi connectivity index (χ1) is 15.5. The van der Waals surface area contributed by atoms with Crippen molar-refractivity contribution in [3.8, 4) is 5.75 Å². The second-order valence-corrected chi connectivity index (χ2v) is 8.26. The van der Waals surface area contributed by atoms with E-state index in [0.717, 1.165) is 29.9 Å². The first-order valence-corrected chi connectivity index (χ1v) is 12.2. The van der Waals surface area contributed by atoms with Gasteiger partial charge in [0, 0.05) is 26.7 Å². The zero-order valence-corrected chi connectivity index (χ0v) is 20.2. The van der Waals surface area contributed by atoms with Crippen molar-refractivity contribution < 1.29 is 33.6 Å². The van der Waals surface area contributed by atoms with Gasteiger partial charge in [0.05, 0.1) is 13.2 Å². The summed E-state index contributed by atoms with van der Waals surface area (Å²) >= 11 is 1.88. The summed E-state index contributed by atoms with van der Waals surface area (Å²) in [6.07, 6.45) is 1.10. The molecule has 32 heavy (non-hydrogen) atoms. The van der Waals surface area contributed by atoms with Crippen molar-refractivity contribution in [2.75, 3.05) is 58.1 Å². The Morgan fingerprint density at radius 1 is 1.06 bits per heavy atom. The largest absolute Gasteiger partial charge is 0.492 e. The number of hydrogen-bond donors (Lipinski definition) is 1. The van der Waals surface area contributed by atoms with Crippen molar-refractivity contribution >= 4 is 23.8 Å². The summed E-state index contributed by atoms with van der Waals surface area (Å²) in [6, 6.07) is 7.24. The number of rotatable bonds is 18. The Morgan fingerprint density at radius 2 is 1.81 bits per heavy atom. The van der Waals surface area contributed by atoms with Crippen molar-refractivity contribution in [2.45, 2.75) is 39.2 Å². The van der Waals surface area contributed by atoms with E-state index in [2.05, 4.69) is 6.92 Å². The van der Waals surface area contributed by atoms with Crippen LogP contribution in [-0.4, -0.2) is 86.3 Å². The van der Waals surface area contributed by atoms with Crippen LogP contribution in [0.4, 0.5) is 4.79 Å². The summed E-state index contributed by atoms with van der Waals surface area (Å²) in [7, 11) is 1.56. The number of benzene rings is 1. The van der Waals surface area contributed by atoms with Crippen LogP contribution >= 0.6 is 11.8 Å². The fourth-order valence-electron chi connectivity index (χ4n) is 2.83. The lowest BCUT2D eigenvalue weighted by atomic mass is 10.1. The van der Waals surface area contributed by atoms with E-state index < -0.39 is 12.1 Å². The summed E-state index contributed by atoms with van der Waals surface area (Å²) in [5, 5.41) is 9.20. The molecule has 1 aromatic carbocycles. The quantitative estimate of drug-likeness (QED) is 0.324. The topological polar surface area (TPSA) is 94.5 Å². The maximum absolute atomic E-state index is 12.4. The summed E-state index contributed by atoms with van der Waals surface area (Å²) in [4.78, 5) is 25.3. The molecule has 0 saturated heterocycles. The molecule has 182 valence electrons. The molecule has 0 aliphatic carbocycles. The number of hydrogen-bond acceptors (Lipinski definition) is 7. The Balaban J connectivity index is 2.52. The number of ether oxygens (including phenoxy) is 4. The molecule has 0 aromatic heterocycles. The number of carboxylic acid groups (broad SMARTS) is 1. The Kier molecular flexibility index (Phi) is 15.4. The van der Waals surface area contributed by atoms with E-state index in [1.54, 1.807) is 31.1 Å². The minimum Gasteiger partial charge on any atom is -0.492 e. The fraction of sp³-hybridized carbons (Fsp3) is 0.652. The van der Waals surface area contributed by atoms with Gasteiger partial charge in [0.1, 0.15) is 19.0 Å². The number of carbonyl (C=O) groups is 2. The summed E-state index contributed by atoms with van der Waals surface area (Å²) in [6.45, 7) is 6.21. The monoisotopic (exact) mass is 471 g/mol. The highest BCUT2D eigenvalue weighted by molar-refractivity contribution is 7.99. The molecule has 1 unspecified atom stereocenters. The van der Waals surface area contributed by atoms with Gasteiger partial charge in [-0.3, -0.25) is 0 Å². The highest BCUT2D eigenvalue weighted by atomic mass is 32.2. The Hall–Kier alpha value is -1.97. The van der Waals surface area contributed by atoms with Gasteiger partial charge in [-0.2, -0.15) is 11.8 Å². The first-order valence-electron chi connectivity index (χ1n) is 11.1. The molecule has 9 heteroatoms. The zero-order valence-electron chi connectivity index (χ0n) is 19.4. The van der Waals surface area contributed by atoms with Gasteiger partial charge in [-0.25, -0.2) is 9.59 Å². The number of aliphatic carboxylic acids is 1. The summed E-state index contributed by atoms with van der Waals surface area (Å²) < 4.78 is 21.2. The molecular weight excluding hydrogens is 434 g/mol. The lowest BCUT2D eigenvalue weighted by Crippen LogP contribution is -2.36. The molecular formula is C23H37NO7S. The van der Waals surface area contributed by atoms with Crippen LogP contribution in [-0.2, 0) is 25.4 Å². The number of nitrogens with zero attached hydrogens (tertiary/aromatic N) is 1. The van der Waals surface area contributed by atoms with Crippen LogP contribution in [0, 0.1) is 0 Å². The highest BCUT2D eigenvalue weighted by Crippen LogP contribution is 2.15. The van der Waals surface area contributed by atoms with Gasteiger partial charge in [-0.15, -0.1) is 0 Å². The minimum atomic E-state index is -0.974. The second kappa shape index (κ2) is 17.6. The Bertz CT molecular complexity index is 642. The van der Waals surface area contributed by atoms with E-state index in [0.29, 0.717) is 45.1 Å². The van der Waals surface area contributed by atoms with Gasteiger partial charge < -0.3 is 29.0 Å². The maximum atomic E-state index is 12.4. The third-order valence-corrected chi connectivity index (χ3v) is 5.73. The normalized spacial score (nSPS) is 11.7. The number of carbonyl (C=O) groups excluding carboxylic acids is 1. The molecule has 0 aliphatic heterocycles. The standard InChI is InChI=1S/C23H37NO7S/c1-4-16-32-17-6-11-24(23(27)31-15-14-28-3)12-13-30-20-9-7-19(8-10-20)18-21(22(25)26)29-5-2/h7-10,21H,4-6,11-18H2,1-3H3,(H,25,26). The molecule has 8 nitrogen and oxygen atoms in total. The van der Waals surface area contributed by atoms with Crippen LogP contribution in [0.2, 0.25) is 0 Å². The predicted molar refractivity (Wildman–Crippen MR) is 126 cm³/mol. The third kappa shape index (κ3) is 12.2. The molecule has 0 saturated carbocycles. The smallest absolute Gasteiger partial charge is 0.409 e. The Labute approximate surface area is 195 Å². The van der Waals surface area contributed by atoms with Crippen molar-refractivity contribution in [1.82, 2.24) is 4.90 Å². The summed E-state index contributed by atoms with van der Waals surface area (Å²) in [5.74, 6) is 1.80. The van der Waals surface area contributed by atoms with Crippen LogP contribution in [0.15, 0.2) is 24.3 Å². The molecule has 0 aliphatic rings. The number of thioether (sulfide) groups is 1. The maximum Gasteiger partial charge on any atom is 0.409 e. The highest BCUT2D eigenvalue weighted by Gasteiger charge is 2.18. The minimum absolute atomic E-state index is 0.220. The van der Waals surface area contributed by atoms with Crippen molar-refractivity contribution in [3.05, 3.63) is 29.8 Å². The van der Waals surface area contributed by atoms with Crippen LogP contribution < -0.4 is 4.74 Å². The van der Waals surface area contributed by atoms with Crippen molar-refractivity contribution in [2.24, 2.45) is 0 Å². The lowest BCUT2D eigenvalue weighted by molar-refractivity contribution is -0.149. The number of carboxylic acids is 1. The molecule has 1 aromatic rings. The van der Waals surface area contributed by atoms with Crippen molar-refractivity contribution in [1.29, 1.82) is 0 Å². The lowest BCUT2D eigenvalue weighted by Gasteiger charge is -2.22. The molecule has 0 spiro atoms. The molecule has 1 rings (SSSR count). The van der Waals surface area contributed by atoms with Gasteiger partial charge in [0.25, 0.3) is 0 Å². The van der Waals surface area contributed by atoms with Gasteiger partial charge in [0.15, 0.2) is 6.10 Å².